The van der Waals surface area contributed by atoms with Gasteiger partial charge in [-0.05, 0) is 31.5 Å². The molecule has 0 saturated carbocycles. The van der Waals surface area contributed by atoms with Gasteiger partial charge >= 0.3 is 0 Å². The Morgan fingerprint density at radius 2 is 2.18 bits per heavy atom. The van der Waals surface area contributed by atoms with Crippen LogP contribution in [0, 0.1) is 5.82 Å². The highest BCUT2D eigenvalue weighted by Crippen LogP contribution is 2.17. The van der Waals surface area contributed by atoms with Crippen molar-refractivity contribution >= 4 is 0 Å². The van der Waals surface area contributed by atoms with Gasteiger partial charge in [0.05, 0.1) is 0 Å². The zero-order valence-corrected chi connectivity index (χ0v) is 9.40. The lowest BCUT2D eigenvalue weighted by atomic mass is 10.2. The van der Waals surface area contributed by atoms with Crippen molar-refractivity contribution in [2.45, 2.75) is 19.3 Å². The van der Waals surface area contributed by atoms with E-state index in [0.717, 1.165) is 12.8 Å². The van der Waals surface area contributed by atoms with Gasteiger partial charge in [-0.15, -0.1) is 0 Å². The summed E-state index contributed by atoms with van der Waals surface area (Å²) < 4.78 is 18.1. The van der Waals surface area contributed by atoms with Gasteiger partial charge in [0.1, 0.15) is 5.82 Å². The van der Waals surface area contributed by atoms with Crippen LogP contribution in [-0.2, 0) is 6.42 Å². The summed E-state index contributed by atoms with van der Waals surface area (Å²) in [6.45, 7) is 0.658. The maximum Gasteiger partial charge on any atom is 0.226 e. The highest BCUT2D eigenvalue weighted by atomic mass is 19.1. The Balaban J connectivity index is 2.07. The number of halogens is 1. The van der Waals surface area contributed by atoms with Gasteiger partial charge < -0.3 is 10.3 Å². The van der Waals surface area contributed by atoms with E-state index >= 15 is 0 Å². The monoisotopic (exact) mass is 235 g/mol. The summed E-state index contributed by atoms with van der Waals surface area (Å²) in [7, 11) is 0. The van der Waals surface area contributed by atoms with Crippen molar-refractivity contribution in [3.05, 3.63) is 36.0 Å². The molecule has 0 spiro atoms. The summed E-state index contributed by atoms with van der Waals surface area (Å²) in [5.41, 5.74) is 6.02. The van der Waals surface area contributed by atoms with Crippen LogP contribution in [0.5, 0.6) is 0 Å². The molecule has 1 aromatic heterocycles. The Morgan fingerprint density at radius 1 is 1.29 bits per heavy atom. The minimum atomic E-state index is -0.308. The molecule has 90 valence electrons. The first-order chi connectivity index (χ1) is 8.29. The van der Waals surface area contributed by atoms with Crippen molar-refractivity contribution < 1.29 is 8.91 Å². The van der Waals surface area contributed by atoms with E-state index in [0.29, 0.717) is 30.2 Å². The van der Waals surface area contributed by atoms with Crippen LogP contribution in [0.4, 0.5) is 4.39 Å². The third kappa shape index (κ3) is 3.10. The van der Waals surface area contributed by atoms with Crippen LogP contribution in [-0.4, -0.2) is 16.7 Å². The molecule has 0 radical (unpaired) electrons. The first kappa shape index (κ1) is 11.7. The highest BCUT2D eigenvalue weighted by Gasteiger charge is 2.08. The van der Waals surface area contributed by atoms with Crippen LogP contribution < -0.4 is 5.73 Å². The molecule has 0 saturated heterocycles. The smallest absolute Gasteiger partial charge is 0.226 e. The molecule has 0 unspecified atom stereocenters. The number of benzene rings is 1. The van der Waals surface area contributed by atoms with Gasteiger partial charge in [0.2, 0.25) is 11.7 Å². The second-order valence-electron chi connectivity index (χ2n) is 3.77. The number of unbranched alkanes of at least 4 members (excludes halogenated alkanes) is 1. The van der Waals surface area contributed by atoms with Gasteiger partial charge in [0.25, 0.3) is 0 Å². The molecule has 2 N–H and O–H groups in total. The summed E-state index contributed by atoms with van der Waals surface area (Å²) in [6, 6.07) is 6.13. The van der Waals surface area contributed by atoms with Crippen LogP contribution in [0.15, 0.2) is 28.8 Å². The minimum absolute atomic E-state index is 0.308. The topological polar surface area (TPSA) is 64.9 Å². The van der Waals surface area contributed by atoms with E-state index in [9.17, 15) is 4.39 Å². The van der Waals surface area contributed by atoms with E-state index in [1.165, 1.54) is 12.1 Å². The van der Waals surface area contributed by atoms with E-state index in [1.54, 1.807) is 12.1 Å². The number of aromatic nitrogens is 2. The van der Waals surface area contributed by atoms with E-state index in [2.05, 4.69) is 10.1 Å². The summed E-state index contributed by atoms with van der Waals surface area (Å²) >= 11 is 0. The summed E-state index contributed by atoms with van der Waals surface area (Å²) in [5.74, 6) is 0.682. The van der Waals surface area contributed by atoms with Gasteiger partial charge in [-0.25, -0.2) is 4.39 Å². The molecule has 2 aromatic rings. The average molecular weight is 235 g/mol. The summed E-state index contributed by atoms with van der Waals surface area (Å²) in [6.07, 6.45) is 2.55. The van der Waals surface area contributed by atoms with Crippen molar-refractivity contribution in [2.24, 2.45) is 5.73 Å². The normalized spacial score (nSPS) is 10.7. The van der Waals surface area contributed by atoms with Crippen molar-refractivity contribution in [3.8, 4) is 11.4 Å². The number of hydrogen-bond acceptors (Lipinski definition) is 4. The van der Waals surface area contributed by atoms with E-state index in [1.807, 2.05) is 0 Å². The SMILES string of the molecule is NCCCCc1nc(-c2cccc(F)c2)no1. The Labute approximate surface area is 98.6 Å². The van der Waals surface area contributed by atoms with Gasteiger partial charge in [0.15, 0.2) is 0 Å². The molecule has 5 heteroatoms. The van der Waals surface area contributed by atoms with E-state index in [-0.39, 0.29) is 5.82 Å². The first-order valence-corrected chi connectivity index (χ1v) is 5.58. The Morgan fingerprint density at radius 3 is 2.94 bits per heavy atom. The fourth-order valence-corrected chi connectivity index (χ4v) is 1.52. The second-order valence-corrected chi connectivity index (χ2v) is 3.77. The zero-order chi connectivity index (χ0) is 12.1. The molecule has 4 nitrogen and oxygen atoms in total. The zero-order valence-electron chi connectivity index (χ0n) is 9.40. The Hall–Kier alpha value is -1.75. The quantitative estimate of drug-likeness (QED) is 0.806. The van der Waals surface area contributed by atoms with Gasteiger partial charge in [0, 0.05) is 12.0 Å². The number of hydrogen-bond donors (Lipinski definition) is 1. The van der Waals surface area contributed by atoms with Crippen LogP contribution in [0.25, 0.3) is 11.4 Å². The fraction of sp³-hybridized carbons (Fsp3) is 0.333. The predicted molar refractivity (Wildman–Crippen MR) is 61.7 cm³/mol. The highest BCUT2D eigenvalue weighted by molar-refractivity contribution is 5.53. The van der Waals surface area contributed by atoms with E-state index in [4.69, 9.17) is 10.3 Å². The average Bonchev–Trinajstić information content (AvgIpc) is 2.78. The maximum absolute atomic E-state index is 13.0. The number of nitrogens with two attached hydrogens (primary N) is 1. The van der Waals surface area contributed by atoms with Crippen molar-refractivity contribution in [1.29, 1.82) is 0 Å². The molecular formula is C12H14FN3O. The van der Waals surface area contributed by atoms with Gasteiger partial charge in [-0.2, -0.15) is 4.98 Å². The Bertz CT molecular complexity index is 484. The molecule has 0 aliphatic carbocycles. The molecule has 2 rings (SSSR count). The molecule has 0 aliphatic heterocycles. The van der Waals surface area contributed by atoms with Crippen LogP contribution in [0.1, 0.15) is 18.7 Å². The third-order valence-electron chi connectivity index (χ3n) is 2.40. The molecule has 0 fully saturated rings. The molecule has 1 aromatic carbocycles. The lowest BCUT2D eigenvalue weighted by Gasteiger charge is -1.93. The predicted octanol–water partition coefficient (Wildman–Crippen LogP) is 2.16. The van der Waals surface area contributed by atoms with Crippen LogP contribution in [0.3, 0.4) is 0 Å². The first-order valence-electron chi connectivity index (χ1n) is 5.58. The minimum Gasteiger partial charge on any atom is -0.339 e. The van der Waals surface area contributed by atoms with Crippen molar-refractivity contribution in [3.63, 3.8) is 0 Å². The largest absolute Gasteiger partial charge is 0.339 e. The van der Waals surface area contributed by atoms with Crippen LogP contribution >= 0.6 is 0 Å². The number of nitrogens with zero attached hydrogens (tertiary/aromatic N) is 2. The fourth-order valence-electron chi connectivity index (χ4n) is 1.52. The number of aryl methyl sites for hydroxylation is 1. The lowest BCUT2D eigenvalue weighted by molar-refractivity contribution is 0.375. The number of rotatable bonds is 5. The molecule has 0 amide bonds. The molecule has 0 bridgehead atoms. The van der Waals surface area contributed by atoms with Crippen molar-refractivity contribution in [1.82, 2.24) is 10.1 Å². The molecule has 1 heterocycles. The summed E-state index contributed by atoms with van der Waals surface area (Å²) in [4.78, 5) is 4.21. The second kappa shape index (κ2) is 5.54. The van der Waals surface area contributed by atoms with Crippen LogP contribution in [0.2, 0.25) is 0 Å². The molecule has 0 aliphatic rings. The summed E-state index contributed by atoms with van der Waals surface area (Å²) in [5, 5.41) is 3.82. The standard InChI is InChI=1S/C12H14FN3O/c13-10-5-3-4-9(8-10)12-15-11(17-16-12)6-1-2-7-14/h3-5,8H,1-2,6-7,14H2. The van der Waals surface area contributed by atoms with Crippen molar-refractivity contribution in [2.75, 3.05) is 6.54 Å². The molecule has 17 heavy (non-hydrogen) atoms. The Kier molecular flexibility index (Phi) is 3.82. The molecule has 0 atom stereocenters. The lowest BCUT2D eigenvalue weighted by Crippen LogP contribution is -1.99. The third-order valence-corrected chi connectivity index (χ3v) is 2.40. The maximum atomic E-state index is 13.0. The van der Waals surface area contributed by atoms with E-state index < -0.39 is 0 Å². The molecular weight excluding hydrogens is 221 g/mol. The van der Waals surface area contributed by atoms with Gasteiger partial charge in [-0.3, -0.25) is 0 Å². The van der Waals surface area contributed by atoms with Gasteiger partial charge in [-0.1, -0.05) is 17.3 Å².